The molecule has 1 fully saturated rings. The van der Waals surface area contributed by atoms with E-state index in [1.807, 2.05) is 24.3 Å². The fraction of sp³-hybridized carbons (Fsp3) is 0.625. The van der Waals surface area contributed by atoms with Gasteiger partial charge in [0.25, 0.3) is 0 Å². The number of nitrogens with zero attached hydrogens (tertiary/aromatic N) is 1. The summed E-state index contributed by atoms with van der Waals surface area (Å²) in [5, 5.41) is 12.3. The summed E-state index contributed by atoms with van der Waals surface area (Å²) >= 11 is 0. The number of aliphatic hydroxyl groups is 1. The summed E-state index contributed by atoms with van der Waals surface area (Å²) in [7, 11) is 0. The Morgan fingerprint density at radius 3 is 2.57 bits per heavy atom. The van der Waals surface area contributed by atoms with Gasteiger partial charge in [0.1, 0.15) is 6.61 Å². The topological polar surface area (TPSA) is 44.7 Å². The second-order valence-corrected chi connectivity index (χ2v) is 5.72. The van der Waals surface area contributed by atoms with Gasteiger partial charge in [-0.2, -0.15) is 13.2 Å². The van der Waals surface area contributed by atoms with Crippen molar-refractivity contribution in [1.29, 1.82) is 0 Å². The molecule has 0 saturated carbocycles. The van der Waals surface area contributed by atoms with E-state index in [1.165, 1.54) is 0 Å². The first-order valence-corrected chi connectivity index (χ1v) is 7.83. The number of alkyl halides is 3. The molecule has 1 aromatic rings. The first kappa shape index (κ1) is 17.9. The van der Waals surface area contributed by atoms with Crippen LogP contribution in [0.2, 0.25) is 0 Å². The Kier molecular flexibility index (Phi) is 6.53. The zero-order chi connectivity index (χ0) is 16.7. The number of para-hydroxylation sites is 2. The van der Waals surface area contributed by atoms with Crippen LogP contribution in [0.15, 0.2) is 24.3 Å². The smallest absolute Gasteiger partial charge is 0.396 e. The number of piperidine rings is 1. The highest BCUT2D eigenvalue weighted by molar-refractivity contribution is 5.70. The van der Waals surface area contributed by atoms with Crippen LogP contribution in [0, 0.1) is 5.92 Å². The van der Waals surface area contributed by atoms with Gasteiger partial charge in [-0.05, 0) is 30.9 Å². The molecule has 0 unspecified atom stereocenters. The fourth-order valence-corrected chi connectivity index (χ4v) is 2.70. The Balaban J connectivity index is 1.83. The summed E-state index contributed by atoms with van der Waals surface area (Å²) in [6.45, 7) is 1.07. The Bertz CT molecular complexity index is 475. The molecular weight excluding hydrogens is 309 g/mol. The average molecular weight is 332 g/mol. The Morgan fingerprint density at radius 1 is 1.22 bits per heavy atom. The summed E-state index contributed by atoms with van der Waals surface area (Å²) in [5.74, 6) is 0.363. The van der Waals surface area contributed by atoms with Crippen LogP contribution in [-0.4, -0.2) is 50.7 Å². The third-order valence-electron chi connectivity index (χ3n) is 3.95. The van der Waals surface area contributed by atoms with Crippen molar-refractivity contribution in [3.63, 3.8) is 0 Å². The maximum atomic E-state index is 12.0. The lowest BCUT2D eigenvalue weighted by atomic mass is 9.97. The zero-order valence-corrected chi connectivity index (χ0v) is 13.0. The minimum atomic E-state index is -4.28. The normalized spacial score (nSPS) is 16.6. The van der Waals surface area contributed by atoms with E-state index in [0.717, 1.165) is 37.3 Å². The second kappa shape index (κ2) is 8.40. The number of nitrogens with one attached hydrogen (secondary N) is 1. The average Bonchev–Trinajstić information content (AvgIpc) is 2.54. The van der Waals surface area contributed by atoms with Crippen LogP contribution in [-0.2, 0) is 4.74 Å². The van der Waals surface area contributed by atoms with Gasteiger partial charge in [-0.1, -0.05) is 12.1 Å². The van der Waals surface area contributed by atoms with Crippen molar-refractivity contribution in [2.24, 2.45) is 5.92 Å². The van der Waals surface area contributed by atoms with Crippen LogP contribution in [0.4, 0.5) is 24.5 Å². The van der Waals surface area contributed by atoms with E-state index < -0.39 is 12.8 Å². The van der Waals surface area contributed by atoms with E-state index in [9.17, 15) is 18.3 Å². The number of ether oxygens (including phenoxy) is 1. The molecule has 0 bridgehead atoms. The van der Waals surface area contributed by atoms with Crippen molar-refractivity contribution in [2.75, 3.05) is 49.7 Å². The monoisotopic (exact) mass is 332 g/mol. The van der Waals surface area contributed by atoms with Crippen LogP contribution in [0.5, 0.6) is 0 Å². The van der Waals surface area contributed by atoms with Crippen molar-refractivity contribution in [3.8, 4) is 0 Å². The van der Waals surface area contributed by atoms with Gasteiger partial charge < -0.3 is 20.1 Å². The first-order valence-electron chi connectivity index (χ1n) is 7.83. The molecule has 4 nitrogen and oxygen atoms in total. The summed E-state index contributed by atoms with van der Waals surface area (Å²) < 4.78 is 40.6. The fourth-order valence-electron chi connectivity index (χ4n) is 2.70. The van der Waals surface area contributed by atoms with Crippen LogP contribution in [0.3, 0.4) is 0 Å². The number of benzene rings is 1. The summed E-state index contributed by atoms with van der Waals surface area (Å²) in [6, 6.07) is 7.75. The molecule has 0 spiro atoms. The molecule has 0 radical (unpaired) electrons. The van der Waals surface area contributed by atoms with Crippen molar-refractivity contribution in [3.05, 3.63) is 24.3 Å². The van der Waals surface area contributed by atoms with Crippen molar-refractivity contribution in [1.82, 2.24) is 0 Å². The predicted molar refractivity (Wildman–Crippen MR) is 83.8 cm³/mol. The summed E-state index contributed by atoms with van der Waals surface area (Å²) in [5.41, 5.74) is 1.94. The van der Waals surface area contributed by atoms with Gasteiger partial charge in [0.15, 0.2) is 0 Å². The maximum absolute atomic E-state index is 12.0. The molecule has 130 valence electrons. The molecule has 2 rings (SSSR count). The number of rotatable bonds is 7. The van der Waals surface area contributed by atoms with Gasteiger partial charge >= 0.3 is 6.18 Å². The molecule has 1 saturated heterocycles. The Labute approximate surface area is 134 Å². The largest absolute Gasteiger partial charge is 0.411 e. The molecule has 7 heteroatoms. The molecule has 2 N–H and O–H groups in total. The molecule has 23 heavy (non-hydrogen) atoms. The van der Waals surface area contributed by atoms with Gasteiger partial charge in [0.2, 0.25) is 0 Å². The maximum Gasteiger partial charge on any atom is 0.411 e. The number of aliphatic hydroxyl groups excluding tert-OH is 1. The summed E-state index contributed by atoms with van der Waals surface area (Å²) in [6.07, 6.45) is -2.39. The highest BCUT2D eigenvalue weighted by Crippen LogP contribution is 2.29. The molecule has 1 heterocycles. The zero-order valence-electron chi connectivity index (χ0n) is 13.0. The van der Waals surface area contributed by atoms with Gasteiger partial charge in [0, 0.05) is 26.2 Å². The van der Waals surface area contributed by atoms with Crippen LogP contribution < -0.4 is 10.2 Å². The Morgan fingerprint density at radius 2 is 1.91 bits per heavy atom. The minimum absolute atomic E-state index is 0.000427. The minimum Gasteiger partial charge on any atom is -0.396 e. The number of halogens is 3. The Hall–Kier alpha value is -1.47. The van der Waals surface area contributed by atoms with E-state index in [2.05, 4.69) is 15.0 Å². The van der Waals surface area contributed by atoms with Crippen LogP contribution >= 0.6 is 0 Å². The van der Waals surface area contributed by atoms with Crippen LogP contribution in [0.25, 0.3) is 0 Å². The van der Waals surface area contributed by atoms with E-state index in [4.69, 9.17) is 0 Å². The lowest BCUT2D eigenvalue weighted by molar-refractivity contribution is -0.172. The SMILES string of the molecule is OCC1CCN(c2ccccc2NCCOCC(F)(F)F)CC1. The molecule has 0 amide bonds. The first-order chi connectivity index (χ1) is 11.0. The van der Waals surface area contributed by atoms with E-state index >= 15 is 0 Å². The number of anilines is 2. The lowest BCUT2D eigenvalue weighted by Gasteiger charge is -2.34. The third kappa shape index (κ3) is 5.91. The standard InChI is InChI=1S/C16H23F3N2O2/c17-16(18,19)12-23-10-7-20-14-3-1-2-4-15(14)21-8-5-13(11-22)6-9-21/h1-4,13,20,22H,5-12H2. The molecular formula is C16H23F3N2O2. The second-order valence-electron chi connectivity index (χ2n) is 5.72. The van der Waals surface area contributed by atoms with Gasteiger partial charge in [-0.15, -0.1) is 0 Å². The number of hydrogen-bond donors (Lipinski definition) is 2. The molecule has 0 atom stereocenters. The van der Waals surface area contributed by atoms with Gasteiger partial charge in [-0.25, -0.2) is 0 Å². The summed E-state index contributed by atoms with van der Waals surface area (Å²) in [4.78, 5) is 2.24. The van der Waals surface area contributed by atoms with Crippen LogP contribution in [0.1, 0.15) is 12.8 Å². The van der Waals surface area contributed by atoms with Gasteiger partial charge in [-0.3, -0.25) is 0 Å². The molecule has 0 aliphatic carbocycles. The van der Waals surface area contributed by atoms with Crippen molar-refractivity contribution in [2.45, 2.75) is 19.0 Å². The van der Waals surface area contributed by atoms with Gasteiger partial charge in [0.05, 0.1) is 18.0 Å². The third-order valence-corrected chi connectivity index (χ3v) is 3.95. The van der Waals surface area contributed by atoms with E-state index in [-0.39, 0.29) is 13.2 Å². The molecule has 1 aliphatic heterocycles. The predicted octanol–water partition coefficient (Wildman–Crippen LogP) is 2.89. The van der Waals surface area contributed by atoms with Crippen molar-refractivity contribution >= 4 is 11.4 Å². The highest BCUT2D eigenvalue weighted by Gasteiger charge is 2.27. The quantitative estimate of drug-likeness (QED) is 0.754. The highest BCUT2D eigenvalue weighted by atomic mass is 19.4. The molecule has 1 aromatic carbocycles. The number of hydrogen-bond acceptors (Lipinski definition) is 4. The van der Waals surface area contributed by atoms with Crippen molar-refractivity contribution < 1.29 is 23.0 Å². The lowest BCUT2D eigenvalue weighted by Crippen LogP contribution is -2.35. The molecule has 0 aromatic heterocycles. The van der Waals surface area contributed by atoms with E-state index in [1.54, 1.807) is 0 Å². The molecule has 1 aliphatic rings. The van der Waals surface area contributed by atoms with E-state index in [0.29, 0.717) is 12.5 Å².